The van der Waals surface area contributed by atoms with Gasteiger partial charge in [-0.05, 0) is 72.6 Å². The number of piperidine rings is 1. The van der Waals surface area contributed by atoms with Gasteiger partial charge in [0.05, 0.1) is 12.2 Å². The van der Waals surface area contributed by atoms with Gasteiger partial charge in [-0.3, -0.25) is 4.98 Å². The highest BCUT2D eigenvalue weighted by Crippen LogP contribution is 2.35. The Bertz CT molecular complexity index is 1250. The number of anilines is 1. The minimum atomic E-state index is -1.46. The van der Waals surface area contributed by atoms with Crippen LogP contribution in [0, 0.1) is 29.3 Å². The fourth-order valence-electron chi connectivity index (χ4n) is 5.69. The van der Waals surface area contributed by atoms with Crippen LogP contribution in [-0.2, 0) is 23.2 Å². The van der Waals surface area contributed by atoms with E-state index in [4.69, 9.17) is 4.74 Å². The van der Waals surface area contributed by atoms with Gasteiger partial charge in [0.15, 0.2) is 0 Å². The van der Waals surface area contributed by atoms with Gasteiger partial charge in [-0.15, -0.1) is 0 Å². The van der Waals surface area contributed by atoms with Gasteiger partial charge in [0, 0.05) is 49.9 Å². The van der Waals surface area contributed by atoms with Gasteiger partial charge in [0.25, 0.3) is 0 Å². The van der Waals surface area contributed by atoms with Crippen molar-refractivity contribution in [2.45, 2.75) is 45.1 Å². The summed E-state index contributed by atoms with van der Waals surface area (Å²) in [7, 11) is 0. The number of ether oxygens (including phenoxy) is 1. The van der Waals surface area contributed by atoms with Gasteiger partial charge in [-0.1, -0.05) is 13.8 Å². The van der Waals surface area contributed by atoms with Gasteiger partial charge in [0.1, 0.15) is 28.7 Å². The summed E-state index contributed by atoms with van der Waals surface area (Å²) in [5.41, 5.74) is 0.424. The quantitative estimate of drug-likeness (QED) is 0.478. The van der Waals surface area contributed by atoms with E-state index in [2.05, 4.69) is 28.7 Å². The van der Waals surface area contributed by atoms with E-state index in [9.17, 15) is 9.50 Å². The lowest BCUT2D eigenvalue weighted by atomic mass is 9.91. The van der Waals surface area contributed by atoms with E-state index in [-0.39, 0.29) is 24.3 Å². The van der Waals surface area contributed by atoms with E-state index in [0.29, 0.717) is 37.0 Å². The predicted molar refractivity (Wildman–Crippen MR) is 136 cm³/mol. The summed E-state index contributed by atoms with van der Waals surface area (Å²) in [5, 5.41) is 10.6. The van der Waals surface area contributed by atoms with Crippen molar-refractivity contribution in [2.24, 2.45) is 11.8 Å². The van der Waals surface area contributed by atoms with Crippen LogP contribution in [0.3, 0.4) is 0 Å². The minimum absolute atomic E-state index is 0.0428. The molecule has 8 heteroatoms. The Morgan fingerprint density at radius 3 is 2.43 bits per heavy atom. The number of pyridine rings is 2. The second kappa shape index (κ2) is 10.4. The number of hydrogen-bond donors (Lipinski definition) is 1. The fraction of sp³-hybridized carbons (Fsp3) is 0.448. The molecule has 2 saturated heterocycles. The Balaban J connectivity index is 1.39. The standard InChI is InChI=1S/C29H32F3N3O2/c1-18-11-19(2)16-35(15-18)26-7-9-33-14-20(26)3-4-22-5-6-23(30)28(34-22)27-24(31)12-21(13-25(27)32)29(36)8-10-37-17-29/h5-7,9,12-14,18-19,36H,3-4,8,10-11,15-17H2,1-2H3/t18-,19+,29?. The summed E-state index contributed by atoms with van der Waals surface area (Å²) >= 11 is 0. The van der Waals surface area contributed by atoms with Crippen molar-refractivity contribution in [3.8, 4) is 11.3 Å². The van der Waals surface area contributed by atoms with Crippen molar-refractivity contribution in [3.05, 3.63) is 77.0 Å². The molecule has 1 aromatic carbocycles. The molecule has 0 radical (unpaired) electrons. The van der Waals surface area contributed by atoms with Gasteiger partial charge in [-0.25, -0.2) is 18.2 Å². The van der Waals surface area contributed by atoms with Crippen LogP contribution >= 0.6 is 0 Å². The highest BCUT2D eigenvalue weighted by atomic mass is 19.1. The molecule has 3 aromatic rings. The molecule has 1 unspecified atom stereocenters. The molecule has 2 aliphatic heterocycles. The van der Waals surface area contributed by atoms with Crippen LogP contribution in [0.5, 0.6) is 0 Å². The van der Waals surface area contributed by atoms with Crippen LogP contribution in [0.15, 0.2) is 42.7 Å². The van der Waals surface area contributed by atoms with Crippen molar-refractivity contribution < 1.29 is 23.0 Å². The summed E-state index contributed by atoms with van der Waals surface area (Å²) in [6, 6.07) is 6.86. The lowest BCUT2D eigenvalue weighted by Crippen LogP contribution is -2.39. The molecule has 0 bridgehead atoms. The number of benzene rings is 1. The molecule has 4 heterocycles. The molecular weight excluding hydrogens is 479 g/mol. The van der Waals surface area contributed by atoms with Crippen molar-refractivity contribution in [1.29, 1.82) is 0 Å². The van der Waals surface area contributed by atoms with E-state index in [1.165, 1.54) is 12.5 Å². The maximum atomic E-state index is 15.1. The number of hydrogen-bond acceptors (Lipinski definition) is 5. The molecule has 0 saturated carbocycles. The van der Waals surface area contributed by atoms with Crippen LogP contribution in [0.4, 0.5) is 18.9 Å². The second-order valence-corrected chi connectivity index (χ2v) is 10.6. The Morgan fingerprint density at radius 2 is 1.76 bits per heavy atom. The van der Waals surface area contributed by atoms with Crippen LogP contribution in [0.1, 0.15) is 43.5 Å². The molecule has 0 amide bonds. The predicted octanol–water partition coefficient (Wildman–Crippen LogP) is 5.44. The zero-order valence-corrected chi connectivity index (χ0v) is 21.2. The summed E-state index contributed by atoms with van der Waals surface area (Å²) in [5.74, 6) is -1.55. The Hall–Kier alpha value is -2.97. The first-order valence-electron chi connectivity index (χ1n) is 12.9. The number of aryl methyl sites for hydroxylation is 2. The van der Waals surface area contributed by atoms with Gasteiger partial charge in [-0.2, -0.15) is 0 Å². The van der Waals surface area contributed by atoms with Crippen LogP contribution in [0.25, 0.3) is 11.3 Å². The molecule has 5 rings (SSSR count). The van der Waals surface area contributed by atoms with Crippen molar-refractivity contribution in [3.63, 3.8) is 0 Å². The average molecular weight is 512 g/mol. The summed E-state index contributed by atoms with van der Waals surface area (Å²) < 4.78 is 50.1. The first-order valence-corrected chi connectivity index (χ1v) is 12.9. The van der Waals surface area contributed by atoms with Crippen LogP contribution in [-0.4, -0.2) is 41.4 Å². The van der Waals surface area contributed by atoms with Crippen LogP contribution < -0.4 is 4.90 Å². The lowest BCUT2D eigenvalue weighted by molar-refractivity contribution is 0.0227. The third-order valence-corrected chi connectivity index (χ3v) is 7.46. The van der Waals surface area contributed by atoms with E-state index < -0.39 is 28.6 Å². The molecular formula is C29H32F3N3O2. The lowest BCUT2D eigenvalue weighted by Gasteiger charge is -2.37. The molecule has 37 heavy (non-hydrogen) atoms. The van der Waals surface area contributed by atoms with Gasteiger partial charge >= 0.3 is 0 Å². The Morgan fingerprint density at radius 1 is 1.03 bits per heavy atom. The largest absolute Gasteiger partial charge is 0.383 e. The molecule has 2 fully saturated rings. The third-order valence-electron chi connectivity index (χ3n) is 7.46. The second-order valence-electron chi connectivity index (χ2n) is 10.6. The van der Waals surface area contributed by atoms with Gasteiger partial charge < -0.3 is 14.7 Å². The van der Waals surface area contributed by atoms with Crippen LogP contribution in [0.2, 0.25) is 0 Å². The minimum Gasteiger partial charge on any atom is -0.383 e. The zero-order chi connectivity index (χ0) is 26.2. The molecule has 0 spiro atoms. The smallest absolute Gasteiger partial charge is 0.149 e. The number of rotatable bonds is 6. The molecule has 2 aromatic heterocycles. The zero-order valence-electron chi connectivity index (χ0n) is 21.2. The maximum absolute atomic E-state index is 15.1. The normalized spacial score (nSPS) is 24.0. The Kier molecular flexibility index (Phi) is 7.23. The Labute approximate surface area is 215 Å². The number of nitrogens with zero attached hydrogens (tertiary/aromatic N) is 3. The van der Waals surface area contributed by atoms with E-state index in [0.717, 1.165) is 36.5 Å². The summed E-state index contributed by atoms with van der Waals surface area (Å²) in [4.78, 5) is 11.0. The van der Waals surface area contributed by atoms with Gasteiger partial charge in [0.2, 0.25) is 0 Å². The molecule has 3 atom stereocenters. The SMILES string of the molecule is C[C@@H]1C[C@H](C)CN(c2ccncc2CCc2ccc(F)c(-c3c(F)cc(C4(O)CCOC4)cc3F)n2)C1. The first-order chi connectivity index (χ1) is 17.7. The molecule has 1 N–H and O–H groups in total. The number of aromatic nitrogens is 2. The summed E-state index contributed by atoms with van der Waals surface area (Å²) in [6.45, 7) is 6.75. The van der Waals surface area contributed by atoms with E-state index in [1.54, 1.807) is 12.3 Å². The summed E-state index contributed by atoms with van der Waals surface area (Å²) in [6.07, 6.45) is 6.15. The number of aliphatic hydroxyl groups is 1. The molecule has 2 aliphatic rings. The first kappa shape index (κ1) is 25.7. The molecule has 196 valence electrons. The average Bonchev–Trinajstić information content (AvgIpc) is 3.31. The third kappa shape index (κ3) is 5.36. The molecule has 0 aliphatic carbocycles. The van der Waals surface area contributed by atoms with E-state index in [1.807, 2.05) is 12.3 Å². The maximum Gasteiger partial charge on any atom is 0.149 e. The number of halogens is 3. The fourth-order valence-corrected chi connectivity index (χ4v) is 5.69. The van der Waals surface area contributed by atoms with Crippen molar-refractivity contribution in [1.82, 2.24) is 9.97 Å². The molecule has 5 nitrogen and oxygen atoms in total. The monoisotopic (exact) mass is 511 g/mol. The van der Waals surface area contributed by atoms with Crippen molar-refractivity contribution >= 4 is 5.69 Å². The topological polar surface area (TPSA) is 58.5 Å². The highest BCUT2D eigenvalue weighted by molar-refractivity contribution is 5.63. The van der Waals surface area contributed by atoms with E-state index >= 15 is 8.78 Å². The van der Waals surface area contributed by atoms with Crippen molar-refractivity contribution in [2.75, 3.05) is 31.2 Å². The highest BCUT2D eigenvalue weighted by Gasteiger charge is 2.36.